The van der Waals surface area contributed by atoms with Crippen LogP contribution in [-0.2, 0) is 17.8 Å². The summed E-state index contributed by atoms with van der Waals surface area (Å²) in [6.07, 6.45) is 8.95. The summed E-state index contributed by atoms with van der Waals surface area (Å²) in [5.74, 6) is 2.01. The zero-order chi connectivity index (χ0) is 23.1. The first-order valence-corrected chi connectivity index (χ1v) is 13.1. The third-order valence-corrected chi connectivity index (χ3v) is 8.47. The number of aromatic amines is 1. The van der Waals surface area contributed by atoms with Crippen LogP contribution in [-0.4, -0.2) is 64.0 Å². The van der Waals surface area contributed by atoms with Gasteiger partial charge in [-0.2, -0.15) is 0 Å². The molecule has 0 aromatic carbocycles. The molecule has 9 nitrogen and oxygen atoms in total. The lowest BCUT2D eigenvalue weighted by Gasteiger charge is -2.38. The van der Waals surface area contributed by atoms with E-state index in [1.165, 1.54) is 0 Å². The molecule has 1 fully saturated rings. The monoisotopic (exact) mass is 481 g/mol. The molecule has 10 heteroatoms. The number of nitrogens with one attached hydrogen (secondary N) is 2. The average Bonchev–Trinajstić information content (AvgIpc) is 2.87. The van der Waals surface area contributed by atoms with E-state index in [1.807, 2.05) is 6.20 Å². The molecule has 0 bridgehead atoms. The molecule has 178 valence electrons. The zero-order valence-corrected chi connectivity index (χ0v) is 19.9. The summed E-state index contributed by atoms with van der Waals surface area (Å²) in [5.41, 5.74) is 3.27. The number of nitrogens with zero attached hydrogens (tertiary/aromatic N) is 4. The number of aromatic nitrogens is 4. The SMILES string of the molecule is O=C1C=Cc2n[nH][n+](=O)c3c2C1[C@H](CN1CCC(NCc2cc4c(cn2)SCCO4)CC1)CC3. The van der Waals surface area contributed by atoms with Crippen LogP contribution in [0.15, 0.2) is 23.2 Å². The number of fused-ring (bicyclic) bond motifs is 1. The minimum atomic E-state index is -0.252. The number of rotatable bonds is 5. The summed E-state index contributed by atoms with van der Waals surface area (Å²) in [4.78, 5) is 33.2. The maximum absolute atomic E-state index is 12.8. The maximum atomic E-state index is 12.8. The molecule has 6 rings (SSSR count). The Labute approximate surface area is 201 Å². The molecule has 1 unspecified atom stereocenters. The molecule has 0 saturated carbocycles. The Morgan fingerprint density at radius 2 is 2.15 bits per heavy atom. The van der Waals surface area contributed by atoms with Crippen molar-refractivity contribution < 1.29 is 14.1 Å². The highest BCUT2D eigenvalue weighted by Gasteiger charge is 2.43. The van der Waals surface area contributed by atoms with Crippen molar-refractivity contribution in [1.29, 1.82) is 0 Å². The first-order chi connectivity index (χ1) is 16.7. The van der Waals surface area contributed by atoms with Crippen LogP contribution in [0, 0.1) is 10.8 Å². The van der Waals surface area contributed by atoms with E-state index in [1.54, 1.807) is 23.9 Å². The third-order valence-electron chi connectivity index (χ3n) is 7.48. The quantitative estimate of drug-likeness (QED) is 0.622. The highest BCUT2D eigenvalue weighted by molar-refractivity contribution is 7.99. The van der Waals surface area contributed by atoms with Gasteiger partial charge in [-0.15, -0.1) is 11.8 Å². The van der Waals surface area contributed by atoms with E-state index >= 15 is 0 Å². The van der Waals surface area contributed by atoms with Gasteiger partial charge in [-0.3, -0.25) is 9.78 Å². The molecule has 2 atom stereocenters. The van der Waals surface area contributed by atoms with Gasteiger partial charge in [0, 0.05) is 48.7 Å². The second-order valence-corrected chi connectivity index (χ2v) is 10.7. The number of carbonyl (C=O) groups excluding carboxylic acids is 1. The Hall–Kier alpha value is -2.56. The van der Waals surface area contributed by atoms with Crippen molar-refractivity contribution in [2.24, 2.45) is 5.92 Å². The van der Waals surface area contributed by atoms with Crippen LogP contribution in [0.2, 0.25) is 0 Å². The molecule has 0 amide bonds. The lowest BCUT2D eigenvalue weighted by Crippen LogP contribution is -2.46. The van der Waals surface area contributed by atoms with Crippen molar-refractivity contribution in [1.82, 2.24) is 25.5 Å². The summed E-state index contributed by atoms with van der Waals surface area (Å²) in [7, 11) is 0. The number of thioether (sulfide) groups is 1. The number of ether oxygens (including phenoxy) is 1. The van der Waals surface area contributed by atoms with Gasteiger partial charge in [0.2, 0.25) is 5.69 Å². The molecule has 4 heterocycles. The fourth-order valence-electron chi connectivity index (χ4n) is 5.73. The van der Waals surface area contributed by atoms with Gasteiger partial charge in [0.25, 0.3) is 0 Å². The van der Waals surface area contributed by atoms with Gasteiger partial charge in [0.05, 0.1) is 33.2 Å². The molecule has 2 N–H and O–H groups in total. The first kappa shape index (κ1) is 21.9. The van der Waals surface area contributed by atoms with E-state index in [2.05, 4.69) is 31.6 Å². The maximum Gasteiger partial charge on any atom is 0.208 e. The molecule has 0 spiro atoms. The van der Waals surface area contributed by atoms with Gasteiger partial charge in [-0.05, 0) is 60.5 Å². The molecular formula is C24H29N6O3S+. The average molecular weight is 482 g/mol. The number of pyridine rings is 1. The number of carbonyl (C=O) groups is 1. The lowest BCUT2D eigenvalue weighted by atomic mass is 9.72. The van der Waals surface area contributed by atoms with Crippen molar-refractivity contribution in [3.8, 4) is 5.75 Å². The fraction of sp³-hybridized carbons (Fsp3) is 0.542. The van der Waals surface area contributed by atoms with Crippen molar-refractivity contribution in [3.05, 3.63) is 45.9 Å². The van der Waals surface area contributed by atoms with Crippen molar-refractivity contribution in [3.63, 3.8) is 0 Å². The van der Waals surface area contributed by atoms with Crippen LogP contribution in [0.3, 0.4) is 0 Å². The molecule has 4 aliphatic rings. The van der Waals surface area contributed by atoms with Crippen LogP contribution in [0.25, 0.3) is 6.08 Å². The predicted octanol–water partition coefficient (Wildman–Crippen LogP) is 1.70. The van der Waals surface area contributed by atoms with E-state index in [4.69, 9.17) is 4.74 Å². The number of H-pyrrole nitrogens is 1. The number of piperidine rings is 1. The van der Waals surface area contributed by atoms with E-state index in [0.29, 0.717) is 18.2 Å². The largest absolute Gasteiger partial charge is 0.491 e. The van der Waals surface area contributed by atoms with Crippen LogP contribution >= 0.6 is 11.8 Å². The molecule has 2 aromatic rings. The topological polar surface area (TPSA) is 106 Å². The highest BCUT2D eigenvalue weighted by atomic mass is 32.2. The Morgan fingerprint density at radius 3 is 3.03 bits per heavy atom. The number of hydrogen-bond acceptors (Lipinski definition) is 8. The second kappa shape index (κ2) is 9.24. The summed E-state index contributed by atoms with van der Waals surface area (Å²) in [6, 6.07) is 2.52. The van der Waals surface area contributed by atoms with Crippen LogP contribution < -0.4 is 14.6 Å². The van der Waals surface area contributed by atoms with Crippen LogP contribution in [0.4, 0.5) is 0 Å². The summed E-state index contributed by atoms with van der Waals surface area (Å²) in [5, 5.41) is 10.3. The van der Waals surface area contributed by atoms with Gasteiger partial charge in [0.15, 0.2) is 11.5 Å². The molecule has 34 heavy (non-hydrogen) atoms. The van der Waals surface area contributed by atoms with Crippen molar-refractivity contribution >= 4 is 23.6 Å². The van der Waals surface area contributed by atoms with Gasteiger partial charge in [0.1, 0.15) is 5.75 Å². The molecular weight excluding hydrogens is 452 g/mol. The van der Waals surface area contributed by atoms with Crippen molar-refractivity contribution in [2.75, 3.05) is 32.0 Å². The van der Waals surface area contributed by atoms with E-state index in [9.17, 15) is 9.70 Å². The Kier molecular flexibility index (Phi) is 5.96. The van der Waals surface area contributed by atoms with Crippen LogP contribution in [0.1, 0.15) is 47.8 Å². The third kappa shape index (κ3) is 4.18. The zero-order valence-electron chi connectivity index (χ0n) is 19.0. The number of ketones is 1. The first-order valence-electron chi connectivity index (χ1n) is 12.1. The highest BCUT2D eigenvalue weighted by Crippen LogP contribution is 2.40. The van der Waals surface area contributed by atoms with Gasteiger partial charge < -0.3 is 15.0 Å². The lowest BCUT2D eigenvalue weighted by molar-refractivity contribution is -0.581. The molecule has 1 saturated heterocycles. The van der Waals surface area contributed by atoms with E-state index in [-0.39, 0.29) is 17.6 Å². The number of allylic oxidation sites excluding steroid dienone is 1. The predicted molar refractivity (Wildman–Crippen MR) is 127 cm³/mol. The van der Waals surface area contributed by atoms with Crippen molar-refractivity contribution in [2.45, 2.75) is 49.1 Å². The Balaban J connectivity index is 1.05. The summed E-state index contributed by atoms with van der Waals surface area (Å²) >= 11 is 1.80. The number of likely N-dealkylation sites (tertiary alicyclic amines) is 1. The molecule has 2 aliphatic carbocycles. The van der Waals surface area contributed by atoms with Gasteiger partial charge in [-0.25, -0.2) is 0 Å². The number of hydrogen-bond donors (Lipinski definition) is 2. The Morgan fingerprint density at radius 1 is 1.26 bits per heavy atom. The summed E-state index contributed by atoms with van der Waals surface area (Å²) in [6.45, 7) is 4.40. The minimum absolute atomic E-state index is 0.0999. The van der Waals surface area contributed by atoms with E-state index < -0.39 is 0 Å². The minimum Gasteiger partial charge on any atom is -0.491 e. The molecule has 2 aliphatic heterocycles. The normalized spacial score (nSPS) is 24.4. The van der Waals surface area contributed by atoms with Gasteiger partial charge >= 0.3 is 0 Å². The van der Waals surface area contributed by atoms with E-state index in [0.717, 1.165) is 89.9 Å². The standard InChI is InChI=1S/C24H28N6O3S/c31-20-4-2-18-24-19(30(32)28-27-18)3-1-15(23(20)24)14-29-7-5-16(6-8-29)25-12-17-11-21-22(13-26-17)34-10-9-33-21/h2,4,11,13,15-16,23,25H,1,3,5-10,12,14H2/p+1/t15-,23?/m0/s1. The second-order valence-electron chi connectivity index (χ2n) is 9.54. The molecule has 0 radical (unpaired) electrons. The van der Waals surface area contributed by atoms with Crippen LogP contribution in [0.5, 0.6) is 5.75 Å². The van der Waals surface area contributed by atoms with Gasteiger partial charge in [-0.1, -0.05) is 0 Å². The smallest absolute Gasteiger partial charge is 0.208 e. The Bertz CT molecular complexity index is 1190. The summed E-state index contributed by atoms with van der Waals surface area (Å²) < 4.78 is 6.49. The fourth-order valence-corrected chi connectivity index (χ4v) is 6.50. The molecule has 2 aromatic heterocycles.